The van der Waals surface area contributed by atoms with Crippen LogP contribution in [0.5, 0.6) is 0 Å². The van der Waals surface area contributed by atoms with Gasteiger partial charge < -0.3 is 4.57 Å². The number of nitrogens with zero attached hydrogens (tertiary/aromatic N) is 3. The number of rotatable bonds is 1. The van der Waals surface area contributed by atoms with Gasteiger partial charge in [-0.1, -0.05) is 35.9 Å². The molecule has 0 radical (unpaired) electrons. The molecular weight excluding hydrogens is 246 g/mol. The number of fused-ring (bicyclic) bond motifs is 1. The molecule has 2 aromatic heterocycles. The largest absolute Gasteiger partial charge is 0.322 e. The van der Waals surface area contributed by atoms with Crippen LogP contribution in [0.15, 0.2) is 36.7 Å². The number of aromatic nitrogens is 3. The molecule has 1 aromatic carbocycles. The van der Waals surface area contributed by atoms with Crippen LogP contribution in [0.3, 0.4) is 0 Å². The second-order valence-corrected chi connectivity index (χ2v) is 4.62. The van der Waals surface area contributed by atoms with Gasteiger partial charge in [-0.25, -0.2) is 4.98 Å². The maximum Gasteiger partial charge on any atom is 0.136 e. The highest BCUT2D eigenvalue weighted by molar-refractivity contribution is 6.32. The van der Waals surface area contributed by atoms with E-state index in [0.717, 1.165) is 27.9 Å². The fourth-order valence-electron chi connectivity index (χ4n) is 2.06. The first-order valence-corrected chi connectivity index (χ1v) is 6.08. The van der Waals surface area contributed by atoms with Crippen molar-refractivity contribution in [1.29, 1.82) is 0 Å². The first-order valence-electron chi connectivity index (χ1n) is 5.70. The van der Waals surface area contributed by atoms with Crippen LogP contribution < -0.4 is 0 Å². The quantitative estimate of drug-likeness (QED) is 0.667. The van der Waals surface area contributed by atoms with Crippen molar-refractivity contribution in [3.63, 3.8) is 0 Å². The summed E-state index contributed by atoms with van der Waals surface area (Å²) in [5, 5.41) is 2.85. The number of aryl methyl sites for hydroxylation is 1. The van der Waals surface area contributed by atoms with Gasteiger partial charge in [-0.2, -0.15) is 0 Å². The Balaban J connectivity index is 2.35. The standard InChI is InChI=1S/C14H12ClN3/c1-9-17-13(14(15)18(9)2)12-8-16-7-10-5-3-4-6-11(10)12/h3-8H,1-2H3. The molecule has 2 heterocycles. The number of pyridine rings is 1. The van der Waals surface area contributed by atoms with Crippen LogP contribution in [0, 0.1) is 6.92 Å². The van der Waals surface area contributed by atoms with E-state index < -0.39 is 0 Å². The normalized spacial score (nSPS) is 11.1. The maximum absolute atomic E-state index is 6.32. The van der Waals surface area contributed by atoms with Crippen LogP contribution in [0.25, 0.3) is 22.0 Å². The van der Waals surface area contributed by atoms with E-state index in [1.807, 2.05) is 49.1 Å². The van der Waals surface area contributed by atoms with Crippen molar-refractivity contribution in [2.45, 2.75) is 6.92 Å². The maximum atomic E-state index is 6.32. The van der Waals surface area contributed by atoms with E-state index in [1.54, 1.807) is 0 Å². The van der Waals surface area contributed by atoms with E-state index in [4.69, 9.17) is 11.6 Å². The zero-order valence-electron chi connectivity index (χ0n) is 10.2. The van der Waals surface area contributed by atoms with Crippen molar-refractivity contribution in [2.24, 2.45) is 7.05 Å². The van der Waals surface area contributed by atoms with Crippen molar-refractivity contribution >= 4 is 22.4 Å². The molecule has 0 N–H and O–H groups in total. The summed E-state index contributed by atoms with van der Waals surface area (Å²) in [4.78, 5) is 8.78. The zero-order valence-corrected chi connectivity index (χ0v) is 10.9. The molecular formula is C14H12ClN3. The van der Waals surface area contributed by atoms with Crippen molar-refractivity contribution in [1.82, 2.24) is 14.5 Å². The minimum absolute atomic E-state index is 0.644. The third kappa shape index (κ3) is 1.59. The van der Waals surface area contributed by atoms with Gasteiger partial charge in [-0.3, -0.25) is 4.98 Å². The van der Waals surface area contributed by atoms with Crippen LogP contribution in [-0.2, 0) is 7.05 Å². The summed E-state index contributed by atoms with van der Waals surface area (Å²) in [5.74, 6) is 0.892. The highest BCUT2D eigenvalue weighted by Crippen LogP contribution is 2.32. The lowest BCUT2D eigenvalue weighted by molar-refractivity contribution is 0.859. The second-order valence-electron chi connectivity index (χ2n) is 4.27. The fourth-order valence-corrected chi connectivity index (χ4v) is 2.33. The summed E-state index contributed by atoms with van der Waals surface area (Å²) in [6.07, 6.45) is 3.67. The Morgan fingerprint density at radius 1 is 1.17 bits per heavy atom. The molecule has 0 aliphatic carbocycles. The molecule has 0 amide bonds. The Labute approximate surface area is 110 Å². The van der Waals surface area contributed by atoms with E-state index in [0.29, 0.717) is 5.15 Å². The summed E-state index contributed by atoms with van der Waals surface area (Å²) in [6.45, 7) is 1.94. The number of halogens is 1. The highest BCUT2D eigenvalue weighted by atomic mass is 35.5. The minimum atomic E-state index is 0.644. The minimum Gasteiger partial charge on any atom is -0.322 e. The predicted molar refractivity (Wildman–Crippen MR) is 73.7 cm³/mol. The van der Waals surface area contributed by atoms with Gasteiger partial charge >= 0.3 is 0 Å². The smallest absolute Gasteiger partial charge is 0.136 e. The summed E-state index contributed by atoms with van der Waals surface area (Å²) in [7, 11) is 1.91. The van der Waals surface area contributed by atoms with Gasteiger partial charge in [0.2, 0.25) is 0 Å². The lowest BCUT2D eigenvalue weighted by atomic mass is 10.1. The Morgan fingerprint density at radius 3 is 2.67 bits per heavy atom. The van der Waals surface area contributed by atoms with Gasteiger partial charge in [-0.15, -0.1) is 0 Å². The average molecular weight is 258 g/mol. The van der Waals surface area contributed by atoms with Crippen molar-refractivity contribution in [3.8, 4) is 11.3 Å². The summed E-state index contributed by atoms with van der Waals surface area (Å²) in [6, 6.07) is 8.11. The molecule has 3 aromatic rings. The van der Waals surface area contributed by atoms with Gasteiger partial charge in [-0.05, 0) is 12.3 Å². The lowest BCUT2D eigenvalue weighted by Crippen LogP contribution is -1.89. The Morgan fingerprint density at radius 2 is 1.94 bits per heavy atom. The molecule has 0 aliphatic heterocycles. The SMILES string of the molecule is Cc1nc(-c2cncc3ccccc23)c(Cl)n1C. The average Bonchev–Trinajstić information content (AvgIpc) is 2.66. The van der Waals surface area contributed by atoms with Crippen molar-refractivity contribution < 1.29 is 0 Å². The number of imidazole rings is 1. The van der Waals surface area contributed by atoms with Gasteiger partial charge in [0.05, 0.1) is 0 Å². The van der Waals surface area contributed by atoms with Crippen LogP contribution >= 0.6 is 11.6 Å². The molecule has 4 heteroatoms. The number of hydrogen-bond acceptors (Lipinski definition) is 2. The van der Waals surface area contributed by atoms with E-state index in [2.05, 4.69) is 16.0 Å². The zero-order chi connectivity index (χ0) is 12.7. The molecule has 3 rings (SSSR count). The third-order valence-electron chi connectivity index (χ3n) is 3.17. The van der Waals surface area contributed by atoms with Gasteiger partial charge in [0.1, 0.15) is 16.7 Å². The van der Waals surface area contributed by atoms with Gasteiger partial charge in [0.15, 0.2) is 0 Å². The van der Waals surface area contributed by atoms with Gasteiger partial charge in [0, 0.05) is 30.4 Å². The van der Waals surface area contributed by atoms with Crippen LogP contribution in [0.2, 0.25) is 5.15 Å². The summed E-state index contributed by atoms with van der Waals surface area (Å²) >= 11 is 6.32. The molecule has 0 saturated heterocycles. The highest BCUT2D eigenvalue weighted by Gasteiger charge is 2.14. The predicted octanol–water partition coefficient (Wildman–Crippen LogP) is 3.60. The molecule has 0 unspecified atom stereocenters. The van der Waals surface area contributed by atoms with E-state index >= 15 is 0 Å². The number of hydrogen-bond donors (Lipinski definition) is 0. The second kappa shape index (κ2) is 4.10. The molecule has 18 heavy (non-hydrogen) atoms. The molecule has 0 spiro atoms. The van der Waals surface area contributed by atoms with Crippen LogP contribution in [0.1, 0.15) is 5.82 Å². The molecule has 90 valence electrons. The molecule has 0 atom stereocenters. The monoisotopic (exact) mass is 257 g/mol. The van der Waals surface area contributed by atoms with Crippen LogP contribution in [-0.4, -0.2) is 14.5 Å². The first kappa shape index (κ1) is 11.2. The molecule has 0 saturated carbocycles. The summed E-state index contributed by atoms with van der Waals surface area (Å²) < 4.78 is 1.87. The Kier molecular flexibility index (Phi) is 2.56. The molecule has 0 fully saturated rings. The van der Waals surface area contributed by atoms with E-state index in [9.17, 15) is 0 Å². The van der Waals surface area contributed by atoms with E-state index in [1.165, 1.54) is 0 Å². The number of benzene rings is 1. The Hall–Kier alpha value is -1.87. The topological polar surface area (TPSA) is 30.7 Å². The molecule has 0 aliphatic rings. The van der Waals surface area contributed by atoms with Gasteiger partial charge in [0.25, 0.3) is 0 Å². The van der Waals surface area contributed by atoms with Crippen molar-refractivity contribution in [2.75, 3.05) is 0 Å². The third-order valence-corrected chi connectivity index (χ3v) is 3.60. The van der Waals surface area contributed by atoms with Crippen LogP contribution in [0.4, 0.5) is 0 Å². The van der Waals surface area contributed by atoms with E-state index in [-0.39, 0.29) is 0 Å². The lowest BCUT2D eigenvalue weighted by Gasteiger charge is -2.03. The first-order chi connectivity index (χ1) is 8.68. The Bertz CT molecular complexity index is 726. The summed E-state index contributed by atoms with van der Waals surface area (Å²) in [5.41, 5.74) is 1.77. The fraction of sp³-hybridized carbons (Fsp3) is 0.143. The molecule has 3 nitrogen and oxygen atoms in total. The van der Waals surface area contributed by atoms with Crippen molar-refractivity contribution in [3.05, 3.63) is 47.6 Å². The molecule has 0 bridgehead atoms.